The summed E-state index contributed by atoms with van der Waals surface area (Å²) in [6.07, 6.45) is -3.94. The van der Waals surface area contributed by atoms with Crippen LogP contribution in [0.5, 0.6) is 0 Å². The normalized spacial score (nSPS) is 25.3. The molecule has 0 aliphatic carbocycles. The third kappa shape index (κ3) is 9.17. The fourth-order valence-corrected chi connectivity index (χ4v) is 4.91. The number of aromatic nitrogens is 3. The smallest absolute Gasteiger partial charge is 0.187 e. The van der Waals surface area contributed by atoms with E-state index in [2.05, 4.69) is 15.4 Å². The maximum absolute atomic E-state index is 9.06. The predicted molar refractivity (Wildman–Crippen MR) is 171 cm³/mol. The van der Waals surface area contributed by atoms with Crippen molar-refractivity contribution in [1.82, 2.24) is 15.4 Å². The van der Waals surface area contributed by atoms with Gasteiger partial charge in [0.2, 0.25) is 0 Å². The number of nitrogens with zero attached hydrogens (tertiary/aromatic N) is 2. The zero-order valence-corrected chi connectivity index (χ0v) is 25.1. The lowest BCUT2D eigenvalue weighted by atomic mass is 9.97. The van der Waals surface area contributed by atoms with Crippen LogP contribution < -0.4 is 0 Å². The van der Waals surface area contributed by atoms with E-state index in [0.29, 0.717) is 27.9 Å². The van der Waals surface area contributed by atoms with Crippen molar-refractivity contribution in [2.24, 2.45) is 0 Å². The van der Waals surface area contributed by atoms with E-state index >= 15 is 0 Å². The van der Waals surface area contributed by atoms with Gasteiger partial charge in [0, 0.05) is 0 Å². The summed E-state index contributed by atoms with van der Waals surface area (Å²) in [6.45, 7) is -4.81. The van der Waals surface area contributed by atoms with E-state index in [-0.39, 0.29) is 13.2 Å². The Kier molecular flexibility index (Phi) is 9.90. The van der Waals surface area contributed by atoms with Crippen LogP contribution >= 0.6 is 0 Å². The van der Waals surface area contributed by atoms with Crippen molar-refractivity contribution in [1.29, 1.82) is 0 Å². The van der Waals surface area contributed by atoms with Gasteiger partial charge in [0.1, 0.15) is 30.1 Å². The number of ether oxygens (including phenoxy) is 6. The molecular weight excluding hydrogens is 582 g/mol. The summed E-state index contributed by atoms with van der Waals surface area (Å²) in [5, 5.41) is 10.5. The first kappa shape index (κ1) is 26.9. The molecule has 46 heavy (non-hydrogen) atoms. The summed E-state index contributed by atoms with van der Waals surface area (Å²) in [5.41, 5.74) is 2.89. The fourth-order valence-electron chi connectivity index (χ4n) is 4.91. The molecule has 1 aliphatic rings. The molecule has 2 heterocycles. The number of H-pyrrole nitrogens is 1. The minimum absolute atomic E-state index is 0.0278. The second kappa shape index (κ2) is 16.9. The summed E-state index contributed by atoms with van der Waals surface area (Å²) in [6, 6.07) is 36.2. The molecule has 1 fully saturated rings. The molecular formula is C37H39N3O6. The van der Waals surface area contributed by atoms with Crippen LogP contribution in [-0.4, -0.2) is 52.7 Å². The largest absolute Gasteiger partial charge is 0.374 e. The molecule has 0 bridgehead atoms. The van der Waals surface area contributed by atoms with Gasteiger partial charge in [-0.2, -0.15) is 15.4 Å². The Balaban J connectivity index is 1.37. The molecule has 1 aliphatic heterocycles. The molecule has 9 atom stereocenters. The van der Waals surface area contributed by atoms with Crippen LogP contribution in [-0.2, 0) is 61.4 Å². The van der Waals surface area contributed by atoms with Crippen molar-refractivity contribution in [2.45, 2.75) is 63.6 Å². The molecule has 238 valence electrons. The summed E-state index contributed by atoms with van der Waals surface area (Å²) in [5.74, 6) is 0. The molecule has 9 heteroatoms. The quantitative estimate of drug-likeness (QED) is 0.142. The van der Waals surface area contributed by atoms with Gasteiger partial charge in [-0.1, -0.05) is 121 Å². The minimum Gasteiger partial charge on any atom is -0.374 e. The van der Waals surface area contributed by atoms with Gasteiger partial charge in [0.05, 0.1) is 51.2 Å². The molecule has 1 N–H and O–H groups in total. The van der Waals surface area contributed by atoms with E-state index < -0.39 is 57.0 Å². The van der Waals surface area contributed by atoms with Crippen LogP contribution in [0.2, 0.25) is 0 Å². The van der Waals surface area contributed by atoms with E-state index in [4.69, 9.17) is 33.9 Å². The Morgan fingerprint density at radius 2 is 1.07 bits per heavy atom. The average molecular weight is 626 g/mol. The Labute approximate surface area is 275 Å². The van der Waals surface area contributed by atoms with Crippen LogP contribution in [0, 0.1) is 0 Å². The van der Waals surface area contributed by atoms with E-state index in [9.17, 15) is 0 Å². The standard InChI is InChI=1S/C37H39N3O6/c1-5-13-28(14-6-1)22-41-27-33-34(42-23-29-15-7-2-8-16-29)35(43-24-30-17-9-3-10-18-30)36(44-25-31-19-11-4-12-20-31)37(46-33)45-26-32-21-38-40-39-32/h1-21,33-37H,22-27H2,(H,38,39,40)/t33-,34-,35+,36+,37?/m1/s1/i22D,23D,24D,25D/t22?,23?,24?,25?,33-,34-,35+,36+,37?. The van der Waals surface area contributed by atoms with E-state index in [0.717, 1.165) is 0 Å². The highest BCUT2D eigenvalue weighted by atomic mass is 16.7. The molecule has 0 amide bonds. The third-order valence-electron chi connectivity index (χ3n) is 7.21. The van der Waals surface area contributed by atoms with Crippen LogP contribution in [0.25, 0.3) is 0 Å². The van der Waals surface area contributed by atoms with Crippen molar-refractivity contribution >= 4 is 0 Å². The van der Waals surface area contributed by atoms with E-state index in [1.165, 1.54) is 6.20 Å². The Hall–Kier alpha value is -4.22. The fraction of sp³-hybridized carbons (Fsp3) is 0.297. The zero-order chi connectivity index (χ0) is 34.7. The SMILES string of the molecule is [2H]C(OC[C@H]1OC(OCc2cn[nH]n2)[C@@H](OC([2H])c2ccccc2)[C@@H](OC([2H])c2ccccc2)[C@@H]1OC([2H])c1ccccc1)c1ccccc1. The molecule has 5 aromatic rings. The highest BCUT2D eigenvalue weighted by molar-refractivity contribution is 5.16. The Bertz CT molecular complexity index is 1680. The number of hydrogen-bond donors (Lipinski definition) is 1. The number of rotatable bonds is 16. The Morgan fingerprint density at radius 1 is 0.587 bits per heavy atom. The lowest BCUT2D eigenvalue weighted by Crippen LogP contribution is -2.61. The highest BCUT2D eigenvalue weighted by Gasteiger charge is 2.49. The van der Waals surface area contributed by atoms with E-state index in [1.807, 2.05) is 72.8 Å². The number of benzene rings is 4. The second-order valence-electron chi connectivity index (χ2n) is 10.6. The number of hydrogen-bond acceptors (Lipinski definition) is 8. The van der Waals surface area contributed by atoms with Crippen molar-refractivity contribution in [3.63, 3.8) is 0 Å². The first-order valence-corrected chi connectivity index (χ1v) is 15.0. The van der Waals surface area contributed by atoms with Crippen molar-refractivity contribution in [2.75, 3.05) is 6.61 Å². The van der Waals surface area contributed by atoms with Gasteiger partial charge >= 0.3 is 0 Å². The molecule has 0 spiro atoms. The molecule has 0 radical (unpaired) electrons. The lowest BCUT2D eigenvalue weighted by Gasteiger charge is -2.45. The van der Waals surface area contributed by atoms with Gasteiger partial charge < -0.3 is 28.4 Å². The number of aromatic amines is 1. The van der Waals surface area contributed by atoms with Gasteiger partial charge in [0.25, 0.3) is 0 Å². The Morgan fingerprint density at radius 3 is 1.57 bits per heavy atom. The molecule has 0 saturated carbocycles. The molecule has 9 nitrogen and oxygen atoms in total. The number of nitrogens with one attached hydrogen (secondary N) is 1. The minimum atomic E-state index is -1.20. The topological polar surface area (TPSA) is 97.0 Å². The van der Waals surface area contributed by atoms with Gasteiger partial charge in [-0.05, 0) is 22.3 Å². The summed E-state index contributed by atoms with van der Waals surface area (Å²) in [7, 11) is 0. The van der Waals surface area contributed by atoms with Gasteiger partial charge in [-0.25, -0.2) is 0 Å². The molecule has 1 aromatic heterocycles. The highest BCUT2D eigenvalue weighted by Crippen LogP contribution is 2.32. The van der Waals surface area contributed by atoms with Gasteiger partial charge in [0.15, 0.2) is 6.29 Å². The second-order valence-corrected chi connectivity index (χ2v) is 10.6. The average Bonchev–Trinajstić information content (AvgIpc) is 3.70. The zero-order valence-electron chi connectivity index (χ0n) is 29.1. The van der Waals surface area contributed by atoms with Crippen LogP contribution in [0.1, 0.15) is 33.4 Å². The van der Waals surface area contributed by atoms with E-state index in [1.54, 1.807) is 48.5 Å². The van der Waals surface area contributed by atoms with Crippen molar-refractivity contribution in [3.8, 4) is 0 Å². The molecule has 4 aromatic carbocycles. The first-order valence-electron chi connectivity index (χ1n) is 17.4. The molecule has 6 rings (SSSR count). The van der Waals surface area contributed by atoms with Crippen LogP contribution in [0.3, 0.4) is 0 Å². The summed E-state index contributed by atoms with van der Waals surface area (Å²) < 4.78 is 74.0. The molecule has 1 saturated heterocycles. The lowest BCUT2D eigenvalue weighted by molar-refractivity contribution is -0.331. The first-order chi connectivity index (χ1) is 24.5. The van der Waals surface area contributed by atoms with Crippen LogP contribution in [0.15, 0.2) is 128 Å². The predicted octanol–water partition coefficient (Wildman–Crippen LogP) is 6.02. The monoisotopic (exact) mass is 625 g/mol. The summed E-state index contributed by atoms with van der Waals surface area (Å²) in [4.78, 5) is 0. The van der Waals surface area contributed by atoms with Crippen LogP contribution in [0.4, 0.5) is 0 Å². The maximum Gasteiger partial charge on any atom is 0.187 e. The third-order valence-corrected chi connectivity index (χ3v) is 7.21. The van der Waals surface area contributed by atoms with Gasteiger partial charge in [-0.3, -0.25) is 0 Å². The maximum atomic E-state index is 9.06. The van der Waals surface area contributed by atoms with Crippen molar-refractivity contribution < 1.29 is 33.9 Å². The van der Waals surface area contributed by atoms with Gasteiger partial charge in [-0.15, -0.1) is 0 Å². The van der Waals surface area contributed by atoms with Crippen molar-refractivity contribution in [3.05, 3.63) is 155 Å². The molecule has 5 unspecified atom stereocenters. The summed E-state index contributed by atoms with van der Waals surface area (Å²) >= 11 is 0.